The molecule has 2 heterocycles. The van der Waals surface area contributed by atoms with Crippen LogP contribution in [-0.4, -0.2) is 46.5 Å². The molecule has 0 aromatic rings. The summed E-state index contributed by atoms with van der Waals surface area (Å²) in [5.74, 6) is 1.59. The van der Waals surface area contributed by atoms with Crippen LogP contribution in [0, 0.1) is 11.8 Å². The third-order valence-corrected chi connectivity index (χ3v) is 6.80. The highest BCUT2D eigenvalue weighted by Crippen LogP contribution is 2.37. The first-order valence-corrected chi connectivity index (χ1v) is 9.98. The molecular formula is C14H24N2OS2. The number of nitrogens with zero attached hydrogens (tertiary/aromatic N) is 2. The van der Waals surface area contributed by atoms with E-state index >= 15 is 0 Å². The lowest BCUT2D eigenvalue weighted by Crippen LogP contribution is -2.70. The van der Waals surface area contributed by atoms with Crippen LogP contribution in [0.5, 0.6) is 0 Å². The third kappa shape index (κ3) is 2.61. The average Bonchev–Trinajstić information content (AvgIpc) is 2.39. The highest BCUT2D eigenvalue weighted by molar-refractivity contribution is 8.27. The summed E-state index contributed by atoms with van der Waals surface area (Å²) in [6.45, 7) is 4.33. The van der Waals surface area contributed by atoms with Gasteiger partial charge in [0.25, 0.3) is 0 Å². The fourth-order valence-corrected chi connectivity index (χ4v) is 4.99. The molecule has 3 unspecified atom stereocenters. The number of fused-ring (bicyclic) bond motifs is 2. The zero-order valence-corrected chi connectivity index (χ0v) is 13.5. The average molecular weight is 300 g/mol. The van der Waals surface area contributed by atoms with Crippen LogP contribution in [0.2, 0.25) is 0 Å². The van der Waals surface area contributed by atoms with E-state index in [1.165, 1.54) is 19.3 Å². The third-order valence-electron chi connectivity index (χ3n) is 5.14. The van der Waals surface area contributed by atoms with Gasteiger partial charge in [-0.2, -0.15) is 0 Å². The number of piperazine rings is 1. The minimum absolute atomic E-state index is 0.0512. The Bertz CT molecular complexity index is 381. The molecule has 108 valence electrons. The normalized spacial score (nSPS) is 40.6. The van der Waals surface area contributed by atoms with Crippen molar-refractivity contribution in [3.8, 4) is 0 Å². The van der Waals surface area contributed by atoms with Gasteiger partial charge in [-0.3, -0.25) is 4.79 Å². The van der Waals surface area contributed by atoms with Crippen LogP contribution in [0.15, 0.2) is 0 Å². The summed E-state index contributed by atoms with van der Waals surface area (Å²) in [5.41, 5.74) is 0. The largest absolute Gasteiger partial charge is 0.334 e. The minimum Gasteiger partial charge on any atom is -0.334 e. The van der Waals surface area contributed by atoms with E-state index in [1.807, 2.05) is 0 Å². The summed E-state index contributed by atoms with van der Waals surface area (Å²) in [6, 6.07) is 0.923. The highest BCUT2D eigenvalue weighted by Gasteiger charge is 2.48. The van der Waals surface area contributed by atoms with Crippen LogP contribution in [0.4, 0.5) is 0 Å². The summed E-state index contributed by atoms with van der Waals surface area (Å²) < 4.78 is 2.38. The van der Waals surface area contributed by atoms with Crippen molar-refractivity contribution < 1.29 is 4.79 Å². The Balaban J connectivity index is 1.59. The van der Waals surface area contributed by atoms with E-state index in [2.05, 4.69) is 22.4 Å². The van der Waals surface area contributed by atoms with Gasteiger partial charge < -0.3 is 4.90 Å². The van der Waals surface area contributed by atoms with Crippen molar-refractivity contribution in [2.75, 3.05) is 19.3 Å². The molecule has 1 aliphatic carbocycles. The Kier molecular flexibility index (Phi) is 3.98. The fraction of sp³-hybridized carbons (Fsp3) is 0.929. The lowest BCUT2D eigenvalue weighted by atomic mass is 9.79. The molecule has 3 atom stereocenters. The molecule has 3 aliphatic rings. The molecule has 0 aromatic heterocycles. The predicted molar refractivity (Wildman–Crippen MR) is 82.4 cm³/mol. The molecular weight excluding hydrogens is 276 g/mol. The molecule has 0 radical (unpaired) electrons. The van der Waals surface area contributed by atoms with Crippen molar-refractivity contribution in [2.45, 2.75) is 51.1 Å². The summed E-state index contributed by atoms with van der Waals surface area (Å²) in [7, 11) is -0.0512. The van der Waals surface area contributed by atoms with Gasteiger partial charge in [-0.05, 0) is 49.2 Å². The van der Waals surface area contributed by atoms with E-state index < -0.39 is 0 Å². The second-order valence-electron chi connectivity index (χ2n) is 6.52. The van der Waals surface area contributed by atoms with Crippen LogP contribution >= 0.6 is 0 Å². The molecule has 3 fully saturated rings. The van der Waals surface area contributed by atoms with Crippen LogP contribution < -0.4 is 0 Å². The Morgan fingerprint density at radius 3 is 2.26 bits per heavy atom. The smallest absolute Gasteiger partial charge is 0.226 e. The summed E-state index contributed by atoms with van der Waals surface area (Å²) in [5, 5.41) is 0. The molecule has 3 nitrogen and oxygen atoms in total. The van der Waals surface area contributed by atoms with E-state index in [1.54, 1.807) is 0 Å². The lowest BCUT2D eigenvalue weighted by Gasteiger charge is -2.57. The predicted octanol–water partition coefficient (Wildman–Crippen LogP) is 1.72. The zero-order valence-electron chi connectivity index (χ0n) is 11.9. The van der Waals surface area contributed by atoms with Crippen LogP contribution in [0.3, 0.4) is 0 Å². The number of amides is 1. The first-order valence-electron chi connectivity index (χ1n) is 7.47. The second-order valence-corrected chi connectivity index (χ2v) is 9.33. The molecule has 2 saturated heterocycles. The molecule has 19 heavy (non-hydrogen) atoms. The van der Waals surface area contributed by atoms with Crippen LogP contribution in [-0.2, 0) is 25.6 Å². The number of hydrogen-bond donors (Lipinski definition) is 0. The van der Waals surface area contributed by atoms with Crippen molar-refractivity contribution in [2.24, 2.45) is 11.8 Å². The molecule has 0 N–H and O–H groups in total. The highest BCUT2D eigenvalue weighted by atomic mass is 32.8. The van der Waals surface area contributed by atoms with E-state index in [-0.39, 0.29) is 9.64 Å². The lowest BCUT2D eigenvalue weighted by molar-refractivity contribution is -0.156. The van der Waals surface area contributed by atoms with Crippen LogP contribution in [0.1, 0.15) is 39.0 Å². The first kappa shape index (κ1) is 14.0. The molecule has 5 heteroatoms. The van der Waals surface area contributed by atoms with E-state index in [4.69, 9.17) is 11.2 Å². The van der Waals surface area contributed by atoms with Gasteiger partial charge in [0.1, 0.15) is 0 Å². The first-order chi connectivity index (χ1) is 9.06. The number of carbonyl (C=O) groups is 1. The van der Waals surface area contributed by atoms with Gasteiger partial charge in [-0.15, -0.1) is 0 Å². The monoisotopic (exact) mass is 300 g/mol. The summed E-state index contributed by atoms with van der Waals surface area (Å²) >= 11 is 5.37. The molecule has 2 aliphatic heterocycles. The Morgan fingerprint density at radius 2 is 1.74 bits per heavy atom. The van der Waals surface area contributed by atoms with E-state index in [0.29, 0.717) is 23.9 Å². The summed E-state index contributed by atoms with van der Waals surface area (Å²) in [6.07, 6.45) is 8.00. The maximum absolute atomic E-state index is 12.7. The van der Waals surface area contributed by atoms with Gasteiger partial charge >= 0.3 is 0 Å². The second kappa shape index (κ2) is 5.41. The SMILES string of the molecule is CC1CCC(C(=O)N2C3CC2CN(S(C)=S)C3)CC1. The van der Waals surface area contributed by atoms with Crippen molar-refractivity contribution in [3.63, 3.8) is 0 Å². The van der Waals surface area contributed by atoms with Crippen LogP contribution in [0.25, 0.3) is 0 Å². The van der Waals surface area contributed by atoms with Gasteiger partial charge in [0.2, 0.25) is 5.91 Å². The molecule has 2 bridgehead atoms. The Morgan fingerprint density at radius 1 is 1.16 bits per heavy atom. The van der Waals surface area contributed by atoms with Crippen molar-refractivity contribution in [1.29, 1.82) is 0 Å². The van der Waals surface area contributed by atoms with Crippen molar-refractivity contribution in [3.05, 3.63) is 0 Å². The quantitative estimate of drug-likeness (QED) is 0.776. The van der Waals surface area contributed by atoms with E-state index in [9.17, 15) is 4.79 Å². The standard InChI is InChI=1S/C14H24N2OS2/c1-10-3-5-11(6-4-10)14(17)16-12-7-13(16)9-15(8-12)19(2)18/h10-13H,3-9H2,1-2H3. The maximum Gasteiger partial charge on any atom is 0.226 e. The zero-order chi connectivity index (χ0) is 13.6. The number of piperidine rings is 1. The Labute approximate surface area is 123 Å². The van der Waals surface area contributed by atoms with Gasteiger partial charge in [0, 0.05) is 37.3 Å². The van der Waals surface area contributed by atoms with Gasteiger partial charge in [0.05, 0.1) is 0 Å². The van der Waals surface area contributed by atoms with Gasteiger partial charge in [-0.1, -0.05) is 16.6 Å². The Hall–Kier alpha value is -0.0000000000000000833. The number of rotatable bonds is 2. The number of hydrogen-bond acceptors (Lipinski definition) is 2. The van der Waals surface area contributed by atoms with Gasteiger partial charge in [-0.25, -0.2) is 4.31 Å². The van der Waals surface area contributed by atoms with Crippen molar-refractivity contribution >= 4 is 26.7 Å². The fourth-order valence-electron chi connectivity index (χ4n) is 3.86. The topological polar surface area (TPSA) is 23.6 Å². The van der Waals surface area contributed by atoms with Gasteiger partial charge in [0.15, 0.2) is 0 Å². The van der Waals surface area contributed by atoms with Crippen molar-refractivity contribution in [1.82, 2.24) is 9.21 Å². The van der Waals surface area contributed by atoms with E-state index in [0.717, 1.165) is 31.8 Å². The molecule has 0 spiro atoms. The molecule has 1 amide bonds. The minimum atomic E-state index is -0.0512. The molecule has 1 saturated carbocycles. The molecule has 3 rings (SSSR count). The number of carbonyl (C=O) groups excluding carboxylic acids is 1. The summed E-state index contributed by atoms with van der Waals surface area (Å²) in [4.78, 5) is 14.9. The maximum atomic E-state index is 12.7. The number of likely N-dealkylation sites (tertiary alicyclic amines) is 1. The molecule has 0 aromatic carbocycles.